The molecular formula is C13H26N2O. The molecule has 3 heteroatoms. The van der Waals surface area contributed by atoms with Crippen LogP contribution in [-0.4, -0.2) is 29.6 Å². The van der Waals surface area contributed by atoms with Crippen molar-refractivity contribution in [3.8, 4) is 0 Å². The van der Waals surface area contributed by atoms with E-state index in [4.69, 9.17) is 0 Å². The smallest absolute Gasteiger partial charge is 0.317 e. The topological polar surface area (TPSA) is 32.3 Å². The van der Waals surface area contributed by atoms with Crippen molar-refractivity contribution in [2.75, 3.05) is 13.1 Å². The number of nitrogens with zero attached hydrogens (tertiary/aromatic N) is 1. The van der Waals surface area contributed by atoms with E-state index >= 15 is 0 Å². The van der Waals surface area contributed by atoms with Gasteiger partial charge in [0.05, 0.1) is 0 Å². The Bertz CT molecular complexity index is 247. The van der Waals surface area contributed by atoms with Crippen molar-refractivity contribution in [1.82, 2.24) is 10.2 Å². The minimum Gasteiger partial charge on any atom is -0.333 e. The van der Waals surface area contributed by atoms with Crippen LogP contribution in [0, 0.1) is 5.41 Å². The predicted octanol–water partition coefficient (Wildman–Crippen LogP) is 3.01. The van der Waals surface area contributed by atoms with Gasteiger partial charge in [0.1, 0.15) is 0 Å². The van der Waals surface area contributed by atoms with Gasteiger partial charge in [0.15, 0.2) is 0 Å². The number of nitrogens with one attached hydrogen (secondary N) is 1. The van der Waals surface area contributed by atoms with Crippen molar-refractivity contribution < 1.29 is 4.79 Å². The number of hydrogen-bond acceptors (Lipinski definition) is 1. The van der Waals surface area contributed by atoms with Crippen LogP contribution in [-0.2, 0) is 0 Å². The van der Waals surface area contributed by atoms with Crippen molar-refractivity contribution in [2.45, 2.75) is 59.4 Å². The molecule has 0 bridgehead atoms. The molecule has 0 aromatic carbocycles. The molecule has 1 aliphatic heterocycles. The van der Waals surface area contributed by atoms with E-state index in [1.165, 1.54) is 6.42 Å². The van der Waals surface area contributed by atoms with Crippen LogP contribution in [0.1, 0.15) is 53.9 Å². The van der Waals surface area contributed by atoms with E-state index < -0.39 is 0 Å². The molecule has 1 aliphatic rings. The maximum absolute atomic E-state index is 11.9. The van der Waals surface area contributed by atoms with Gasteiger partial charge < -0.3 is 10.2 Å². The van der Waals surface area contributed by atoms with Gasteiger partial charge in [-0.1, -0.05) is 20.3 Å². The molecule has 1 heterocycles. The zero-order valence-corrected chi connectivity index (χ0v) is 11.4. The lowest BCUT2D eigenvalue weighted by Gasteiger charge is -2.39. The Hall–Kier alpha value is -0.730. The molecule has 1 fully saturated rings. The number of carbonyl (C=O) groups excluding carboxylic acids is 1. The van der Waals surface area contributed by atoms with Crippen LogP contribution in [0.5, 0.6) is 0 Å². The number of piperidine rings is 1. The number of urea groups is 1. The first-order valence-electron chi connectivity index (χ1n) is 6.33. The number of hydrogen-bond donors (Lipinski definition) is 1. The van der Waals surface area contributed by atoms with Crippen LogP contribution in [0.25, 0.3) is 0 Å². The molecule has 0 radical (unpaired) electrons. The minimum absolute atomic E-state index is 0.0886. The Labute approximate surface area is 99.6 Å². The van der Waals surface area contributed by atoms with Crippen LogP contribution < -0.4 is 5.32 Å². The Kier molecular flexibility index (Phi) is 3.87. The van der Waals surface area contributed by atoms with Gasteiger partial charge in [0.25, 0.3) is 0 Å². The SMILES string of the molecule is CCC1(C)CCN(C(=O)NC(C)(C)C)CC1. The lowest BCUT2D eigenvalue weighted by Crippen LogP contribution is -2.51. The molecule has 0 atom stereocenters. The molecule has 1 rings (SSSR count). The number of rotatable bonds is 1. The lowest BCUT2D eigenvalue weighted by atomic mass is 9.78. The maximum Gasteiger partial charge on any atom is 0.317 e. The van der Waals surface area contributed by atoms with Crippen molar-refractivity contribution in [3.63, 3.8) is 0 Å². The average Bonchev–Trinajstić information content (AvgIpc) is 2.16. The molecule has 0 aromatic rings. The van der Waals surface area contributed by atoms with Gasteiger partial charge in [-0.15, -0.1) is 0 Å². The summed E-state index contributed by atoms with van der Waals surface area (Å²) >= 11 is 0. The Balaban J connectivity index is 2.45. The number of carbonyl (C=O) groups is 1. The summed E-state index contributed by atoms with van der Waals surface area (Å²) in [6.07, 6.45) is 3.46. The fraction of sp³-hybridized carbons (Fsp3) is 0.923. The van der Waals surface area contributed by atoms with Gasteiger partial charge >= 0.3 is 6.03 Å². The van der Waals surface area contributed by atoms with Gasteiger partial charge in [-0.2, -0.15) is 0 Å². The zero-order valence-electron chi connectivity index (χ0n) is 11.4. The molecule has 3 nitrogen and oxygen atoms in total. The first-order valence-corrected chi connectivity index (χ1v) is 6.33. The lowest BCUT2D eigenvalue weighted by molar-refractivity contribution is 0.122. The van der Waals surface area contributed by atoms with E-state index in [0.29, 0.717) is 5.41 Å². The Morgan fingerprint density at radius 1 is 1.31 bits per heavy atom. The van der Waals surface area contributed by atoms with Gasteiger partial charge in [-0.25, -0.2) is 4.79 Å². The van der Waals surface area contributed by atoms with Crippen molar-refractivity contribution in [1.29, 1.82) is 0 Å². The van der Waals surface area contributed by atoms with E-state index in [2.05, 4.69) is 19.2 Å². The highest BCUT2D eigenvalue weighted by molar-refractivity contribution is 5.75. The van der Waals surface area contributed by atoms with Crippen molar-refractivity contribution in [3.05, 3.63) is 0 Å². The molecule has 0 saturated carbocycles. The average molecular weight is 226 g/mol. The van der Waals surface area contributed by atoms with E-state index in [9.17, 15) is 4.79 Å². The third-order valence-electron chi connectivity index (χ3n) is 3.59. The molecule has 0 unspecified atom stereocenters. The van der Waals surface area contributed by atoms with Gasteiger partial charge in [0, 0.05) is 18.6 Å². The molecule has 2 amide bonds. The first-order chi connectivity index (χ1) is 7.26. The third kappa shape index (κ3) is 3.69. The summed E-state index contributed by atoms with van der Waals surface area (Å²) in [5, 5.41) is 3.02. The van der Waals surface area contributed by atoms with Crippen LogP contribution in [0.2, 0.25) is 0 Å². The largest absolute Gasteiger partial charge is 0.333 e. The van der Waals surface area contributed by atoms with Gasteiger partial charge in [-0.3, -0.25) is 0 Å². The van der Waals surface area contributed by atoms with Crippen LogP contribution >= 0.6 is 0 Å². The van der Waals surface area contributed by atoms with E-state index in [-0.39, 0.29) is 11.6 Å². The fourth-order valence-corrected chi connectivity index (χ4v) is 2.00. The van der Waals surface area contributed by atoms with Crippen LogP contribution in [0.4, 0.5) is 4.79 Å². The second-order valence-corrected chi connectivity index (χ2v) is 6.33. The monoisotopic (exact) mass is 226 g/mol. The summed E-state index contributed by atoms with van der Waals surface area (Å²) in [5.74, 6) is 0. The summed E-state index contributed by atoms with van der Waals surface area (Å²) in [6.45, 7) is 12.4. The van der Waals surface area contributed by atoms with Crippen molar-refractivity contribution >= 4 is 6.03 Å². The van der Waals surface area contributed by atoms with E-state index in [0.717, 1.165) is 25.9 Å². The predicted molar refractivity (Wildman–Crippen MR) is 67.5 cm³/mol. The quantitative estimate of drug-likeness (QED) is 0.732. The normalized spacial score (nSPS) is 20.7. The van der Waals surface area contributed by atoms with E-state index in [1.807, 2.05) is 25.7 Å². The number of likely N-dealkylation sites (tertiary alicyclic amines) is 1. The molecule has 1 N–H and O–H groups in total. The molecule has 94 valence electrons. The Morgan fingerprint density at radius 3 is 2.19 bits per heavy atom. The zero-order chi connectivity index (χ0) is 12.4. The summed E-state index contributed by atoms with van der Waals surface area (Å²) in [4.78, 5) is 13.9. The van der Waals surface area contributed by atoms with Gasteiger partial charge in [-0.05, 0) is 39.0 Å². The molecule has 0 spiro atoms. The molecule has 0 aromatic heterocycles. The van der Waals surface area contributed by atoms with Crippen LogP contribution in [0.15, 0.2) is 0 Å². The summed E-state index contributed by atoms with van der Waals surface area (Å²) in [5.41, 5.74) is 0.307. The fourth-order valence-electron chi connectivity index (χ4n) is 2.00. The summed E-state index contributed by atoms with van der Waals surface area (Å²) < 4.78 is 0. The standard InChI is InChI=1S/C13H26N2O/c1-6-13(5)7-9-15(10-8-13)11(16)14-12(2,3)4/h6-10H2,1-5H3,(H,14,16). The summed E-state index contributed by atoms with van der Waals surface area (Å²) in [7, 11) is 0. The van der Waals surface area contributed by atoms with Crippen LogP contribution in [0.3, 0.4) is 0 Å². The highest BCUT2D eigenvalue weighted by atomic mass is 16.2. The molecule has 0 aliphatic carbocycles. The Morgan fingerprint density at radius 2 is 1.81 bits per heavy atom. The second kappa shape index (κ2) is 4.64. The van der Waals surface area contributed by atoms with Crippen molar-refractivity contribution in [2.24, 2.45) is 5.41 Å². The summed E-state index contributed by atoms with van der Waals surface area (Å²) in [6, 6.07) is 0.0886. The molecule has 16 heavy (non-hydrogen) atoms. The molecular weight excluding hydrogens is 200 g/mol. The highest BCUT2D eigenvalue weighted by Crippen LogP contribution is 2.33. The highest BCUT2D eigenvalue weighted by Gasteiger charge is 2.31. The minimum atomic E-state index is -0.136. The van der Waals surface area contributed by atoms with Gasteiger partial charge in [0.2, 0.25) is 0 Å². The molecule has 1 saturated heterocycles. The second-order valence-electron chi connectivity index (χ2n) is 6.33. The first kappa shape index (κ1) is 13.3. The van der Waals surface area contributed by atoms with E-state index in [1.54, 1.807) is 0 Å². The number of amides is 2. The maximum atomic E-state index is 11.9. The third-order valence-corrected chi connectivity index (χ3v) is 3.59.